The summed E-state index contributed by atoms with van der Waals surface area (Å²) < 4.78 is 5.26. The normalized spacial score (nSPS) is 13.9. The highest BCUT2D eigenvalue weighted by molar-refractivity contribution is 6.05. The summed E-state index contributed by atoms with van der Waals surface area (Å²) in [6.45, 7) is 3.59. The molecule has 0 saturated carbocycles. The smallest absolute Gasteiger partial charge is 0.255 e. The van der Waals surface area contributed by atoms with Crippen LogP contribution in [0.2, 0.25) is 0 Å². The Kier molecular flexibility index (Phi) is 7.16. The van der Waals surface area contributed by atoms with E-state index in [1.807, 2.05) is 30.3 Å². The van der Waals surface area contributed by atoms with Gasteiger partial charge in [0.15, 0.2) is 0 Å². The van der Waals surface area contributed by atoms with Crippen molar-refractivity contribution in [2.75, 3.05) is 55.4 Å². The molecule has 4 rings (SSSR count). The number of nitrogens with zero attached hydrogens (tertiary/aromatic N) is 3. The molecule has 2 N–H and O–H groups in total. The van der Waals surface area contributed by atoms with Gasteiger partial charge >= 0.3 is 0 Å². The molecule has 8 nitrogen and oxygen atoms in total. The molecule has 0 unspecified atom stereocenters. The summed E-state index contributed by atoms with van der Waals surface area (Å²) in [7, 11) is 1.56. The molecule has 1 saturated heterocycles. The molecule has 8 heteroatoms. The first-order valence-electron chi connectivity index (χ1n) is 10.8. The molecule has 1 aromatic heterocycles. The Morgan fingerprint density at radius 1 is 0.909 bits per heavy atom. The number of carbonyl (C=O) groups is 2. The second-order valence-electron chi connectivity index (χ2n) is 7.73. The number of piperazine rings is 1. The number of hydrogen-bond acceptors (Lipinski definition) is 6. The number of methoxy groups -OCH3 is 1. The van der Waals surface area contributed by atoms with Crippen molar-refractivity contribution in [3.63, 3.8) is 0 Å². The lowest BCUT2D eigenvalue weighted by atomic mass is 10.2. The van der Waals surface area contributed by atoms with Crippen LogP contribution in [0.1, 0.15) is 10.4 Å². The summed E-state index contributed by atoms with van der Waals surface area (Å²) in [5, 5.41) is 5.75. The zero-order valence-electron chi connectivity index (χ0n) is 18.5. The molecule has 2 amide bonds. The van der Waals surface area contributed by atoms with Crippen molar-refractivity contribution < 1.29 is 14.3 Å². The topological polar surface area (TPSA) is 86.8 Å². The number of rotatable bonds is 7. The summed E-state index contributed by atoms with van der Waals surface area (Å²) >= 11 is 0. The van der Waals surface area contributed by atoms with Gasteiger partial charge in [-0.05, 0) is 48.5 Å². The van der Waals surface area contributed by atoms with Crippen LogP contribution in [0.3, 0.4) is 0 Å². The van der Waals surface area contributed by atoms with E-state index in [9.17, 15) is 9.59 Å². The first-order valence-corrected chi connectivity index (χ1v) is 10.8. The average Bonchev–Trinajstić information content (AvgIpc) is 2.86. The Balaban J connectivity index is 1.26. The van der Waals surface area contributed by atoms with E-state index < -0.39 is 0 Å². The Morgan fingerprint density at radius 3 is 2.33 bits per heavy atom. The third kappa shape index (κ3) is 5.87. The molecule has 0 radical (unpaired) electrons. The molecule has 0 spiro atoms. The second kappa shape index (κ2) is 10.6. The van der Waals surface area contributed by atoms with Crippen LogP contribution in [0, 0.1) is 0 Å². The molecule has 1 aliphatic rings. The number of aromatic nitrogens is 1. The lowest BCUT2D eigenvalue weighted by molar-refractivity contribution is -0.117. The van der Waals surface area contributed by atoms with Gasteiger partial charge in [-0.15, -0.1) is 0 Å². The third-order valence-corrected chi connectivity index (χ3v) is 5.50. The van der Waals surface area contributed by atoms with Crippen molar-refractivity contribution in [1.82, 2.24) is 9.88 Å². The molecule has 170 valence electrons. The van der Waals surface area contributed by atoms with Crippen molar-refractivity contribution >= 4 is 29.0 Å². The van der Waals surface area contributed by atoms with Gasteiger partial charge in [0.1, 0.15) is 11.6 Å². The molecule has 1 aliphatic heterocycles. The first kappa shape index (κ1) is 22.3. The number of nitrogens with one attached hydrogen (secondary N) is 2. The van der Waals surface area contributed by atoms with Crippen LogP contribution >= 0.6 is 0 Å². The van der Waals surface area contributed by atoms with Crippen LogP contribution in [-0.2, 0) is 4.79 Å². The number of hydrogen-bond donors (Lipinski definition) is 2. The molecule has 1 fully saturated rings. The van der Waals surface area contributed by atoms with E-state index in [1.165, 1.54) is 0 Å². The molecule has 2 heterocycles. The maximum Gasteiger partial charge on any atom is 0.255 e. The van der Waals surface area contributed by atoms with Crippen LogP contribution < -0.4 is 20.3 Å². The van der Waals surface area contributed by atoms with Gasteiger partial charge in [-0.2, -0.15) is 0 Å². The summed E-state index contributed by atoms with van der Waals surface area (Å²) in [6.07, 6.45) is 1.79. The summed E-state index contributed by atoms with van der Waals surface area (Å²) in [5.41, 5.74) is 1.75. The third-order valence-electron chi connectivity index (χ3n) is 5.50. The van der Waals surface area contributed by atoms with E-state index in [0.29, 0.717) is 29.2 Å². The predicted octanol–water partition coefficient (Wildman–Crippen LogP) is 3.10. The standard InChI is InChI=1S/C25H27N5O3/c1-33-22-7-3-2-6-21(22)28-25(32)19-9-11-20(12-10-19)27-24(31)18-29-14-16-30(17-15-29)23-8-4-5-13-26-23/h2-13H,14-18H2,1H3,(H,27,31)(H,28,32). The SMILES string of the molecule is COc1ccccc1NC(=O)c1ccc(NC(=O)CN2CCN(c3ccccn3)CC2)cc1. The second-order valence-corrected chi connectivity index (χ2v) is 7.73. The lowest BCUT2D eigenvalue weighted by Crippen LogP contribution is -2.48. The zero-order valence-corrected chi connectivity index (χ0v) is 18.5. The molecular weight excluding hydrogens is 418 g/mol. The predicted molar refractivity (Wildman–Crippen MR) is 129 cm³/mol. The number of ether oxygens (including phenoxy) is 1. The Hall–Kier alpha value is -3.91. The van der Waals surface area contributed by atoms with Gasteiger partial charge in [-0.3, -0.25) is 14.5 Å². The lowest BCUT2D eigenvalue weighted by Gasteiger charge is -2.34. The molecule has 2 aromatic carbocycles. The number of carbonyl (C=O) groups excluding carboxylic acids is 2. The van der Waals surface area contributed by atoms with Gasteiger partial charge in [0.05, 0.1) is 19.3 Å². The summed E-state index contributed by atoms with van der Waals surface area (Å²) in [4.78, 5) is 33.8. The van der Waals surface area contributed by atoms with Gasteiger partial charge in [0.2, 0.25) is 5.91 Å². The van der Waals surface area contributed by atoms with E-state index in [1.54, 1.807) is 49.7 Å². The van der Waals surface area contributed by atoms with Crippen LogP contribution in [0.5, 0.6) is 5.75 Å². The highest BCUT2D eigenvalue weighted by Gasteiger charge is 2.20. The average molecular weight is 446 g/mol. The minimum Gasteiger partial charge on any atom is -0.495 e. The van der Waals surface area contributed by atoms with Crippen molar-refractivity contribution in [2.24, 2.45) is 0 Å². The van der Waals surface area contributed by atoms with Gasteiger partial charge in [0.25, 0.3) is 5.91 Å². The van der Waals surface area contributed by atoms with E-state index in [0.717, 1.165) is 32.0 Å². The van der Waals surface area contributed by atoms with E-state index in [-0.39, 0.29) is 11.8 Å². The van der Waals surface area contributed by atoms with Crippen molar-refractivity contribution in [2.45, 2.75) is 0 Å². The number of amides is 2. The minimum atomic E-state index is -0.247. The monoisotopic (exact) mass is 445 g/mol. The summed E-state index contributed by atoms with van der Waals surface area (Å²) in [6, 6.07) is 20.0. The number of pyridine rings is 1. The van der Waals surface area contributed by atoms with E-state index in [2.05, 4.69) is 25.4 Å². The quantitative estimate of drug-likeness (QED) is 0.581. The molecule has 0 aliphatic carbocycles. The molecule has 0 bridgehead atoms. The maximum atomic E-state index is 12.5. The van der Waals surface area contributed by atoms with Crippen LogP contribution in [-0.4, -0.2) is 61.5 Å². The van der Waals surface area contributed by atoms with Gasteiger partial charge < -0.3 is 20.3 Å². The fourth-order valence-electron chi connectivity index (χ4n) is 3.73. The number of benzene rings is 2. The zero-order chi connectivity index (χ0) is 23.0. The Bertz CT molecular complexity index is 1080. The molecule has 0 atom stereocenters. The van der Waals surface area contributed by atoms with Crippen LogP contribution in [0.4, 0.5) is 17.2 Å². The van der Waals surface area contributed by atoms with Crippen LogP contribution in [0.25, 0.3) is 0 Å². The minimum absolute atomic E-state index is 0.0764. The fraction of sp³-hybridized carbons (Fsp3) is 0.240. The van der Waals surface area contributed by atoms with Gasteiger partial charge in [0, 0.05) is 43.6 Å². The van der Waals surface area contributed by atoms with Gasteiger partial charge in [-0.25, -0.2) is 4.98 Å². The molecular formula is C25H27N5O3. The molecule has 3 aromatic rings. The highest BCUT2D eigenvalue weighted by Crippen LogP contribution is 2.24. The first-order chi connectivity index (χ1) is 16.1. The van der Waals surface area contributed by atoms with Crippen molar-refractivity contribution in [3.8, 4) is 5.75 Å². The number of anilines is 3. The van der Waals surface area contributed by atoms with Crippen molar-refractivity contribution in [1.29, 1.82) is 0 Å². The number of para-hydroxylation sites is 2. The van der Waals surface area contributed by atoms with Crippen molar-refractivity contribution in [3.05, 3.63) is 78.5 Å². The summed E-state index contributed by atoms with van der Waals surface area (Å²) in [5.74, 6) is 1.24. The molecule has 33 heavy (non-hydrogen) atoms. The van der Waals surface area contributed by atoms with Gasteiger partial charge in [-0.1, -0.05) is 18.2 Å². The Labute approximate surface area is 193 Å². The maximum absolute atomic E-state index is 12.5. The van der Waals surface area contributed by atoms with Crippen LogP contribution in [0.15, 0.2) is 72.9 Å². The Morgan fingerprint density at radius 2 is 1.64 bits per heavy atom. The van der Waals surface area contributed by atoms with E-state index in [4.69, 9.17) is 4.74 Å². The highest BCUT2D eigenvalue weighted by atomic mass is 16.5. The van der Waals surface area contributed by atoms with E-state index >= 15 is 0 Å². The largest absolute Gasteiger partial charge is 0.495 e. The fourth-order valence-corrected chi connectivity index (χ4v) is 3.73.